The summed E-state index contributed by atoms with van der Waals surface area (Å²) in [6.07, 6.45) is 3.01. The average Bonchev–Trinajstić information content (AvgIpc) is 2.97. The molecule has 1 aromatic carbocycles. The van der Waals surface area contributed by atoms with Gasteiger partial charge in [0, 0.05) is 9.77 Å². The fourth-order valence-electron chi connectivity index (χ4n) is 2.34. The fourth-order valence-corrected chi connectivity index (χ4v) is 4.34. The number of anilines is 1. The van der Waals surface area contributed by atoms with Crippen molar-refractivity contribution in [1.82, 2.24) is 0 Å². The molecule has 4 nitrogen and oxygen atoms in total. The quantitative estimate of drug-likeness (QED) is 0.695. The Balaban J connectivity index is 2.16. The highest BCUT2D eigenvalue weighted by atomic mass is 32.2. The van der Waals surface area contributed by atoms with Gasteiger partial charge in [0.2, 0.25) is 5.91 Å². The van der Waals surface area contributed by atoms with Gasteiger partial charge in [-0.1, -0.05) is 32.4 Å². The minimum Gasteiger partial charge on any atom is -0.369 e. The number of hydrogen-bond donors (Lipinski definition) is 2. The maximum Gasteiger partial charge on any atom is 0.265 e. The zero-order chi connectivity index (χ0) is 17.5. The van der Waals surface area contributed by atoms with Gasteiger partial charge in [-0.05, 0) is 36.6 Å². The van der Waals surface area contributed by atoms with Gasteiger partial charge < -0.3 is 11.1 Å². The number of primary amides is 1. The largest absolute Gasteiger partial charge is 0.369 e. The Labute approximate surface area is 150 Å². The number of nitrogens with two attached hydrogens (primary N) is 1. The second kappa shape index (κ2) is 8.89. The molecule has 6 heteroatoms. The smallest absolute Gasteiger partial charge is 0.265 e. The van der Waals surface area contributed by atoms with Crippen LogP contribution in [0.4, 0.5) is 5.69 Å². The number of amides is 2. The van der Waals surface area contributed by atoms with Crippen LogP contribution in [0.25, 0.3) is 0 Å². The molecule has 0 radical (unpaired) electrons. The van der Waals surface area contributed by atoms with E-state index in [1.165, 1.54) is 22.2 Å². The Hall–Kier alpha value is -1.79. The van der Waals surface area contributed by atoms with Crippen LogP contribution < -0.4 is 11.1 Å². The number of aryl methyl sites for hydroxylation is 2. The maximum absolute atomic E-state index is 12.6. The van der Waals surface area contributed by atoms with Crippen molar-refractivity contribution >= 4 is 40.6 Å². The van der Waals surface area contributed by atoms with E-state index in [1.54, 1.807) is 11.3 Å². The lowest BCUT2D eigenvalue weighted by molar-refractivity contribution is -0.115. The summed E-state index contributed by atoms with van der Waals surface area (Å²) in [5.74, 6) is -0.299. The van der Waals surface area contributed by atoms with E-state index in [2.05, 4.69) is 19.2 Å². The van der Waals surface area contributed by atoms with Gasteiger partial charge >= 0.3 is 0 Å². The van der Waals surface area contributed by atoms with Crippen molar-refractivity contribution in [2.45, 2.75) is 38.0 Å². The molecule has 2 rings (SSSR count). The molecule has 3 N–H and O–H groups in total. The van der Waals surface area contributed by atoms with E-state index < -0.39 is 0 Å². The Morgan fingerprint density at radius 3 is 2.67 bits per heavy atom. The van der Waals surface area contributed by atoms with Gasteiger partial charge in [0.1, 0.15) is 0 Å². The van der Waals surface area contributed by atoms with E-state index in [0.29, 0.717) is 5.69 Å². The van der Waals surface area contributed by atoms with Crippen LogP contribution in [0.15, 0.2) is 35.2 Å². The minimum absolute atomic E-state index is 0.107. The van der Waals surface area contributed by atoms with Crippen LogP contribution in [0.5, 0.6) is 0 Å². The van der Waals surface area contributed by atoms with Gasteiger partial charge in [-0.2, -0.15) is 0 Å². The van der Waals surface area contributed by atoms with Crippen LogP contribution in [0.1, 0.15) is 40.4 Å². The average molecular weight is 363 g/mol. The van der Waals surface area contributed by atoms with E-state index in [0.717, 1.165) is 29.0 Å². The van der Waals surface area contributed by atoms with Crippen LogP contribution in [-0.4, -0.2) is 17.6 Å². The Bertz CT molecular complexity index is 726. The molecule has 24 heavy (non-hydrogen) atoms. The van der Waals surface area contributed by atoms with Crippen LogP contribution in [0, 0.1) is 0 Å². The number of hydrogen-bond acceptors (Lipinski definition) is 4. The van der Waals surface area contributed by atoms with E-state index >= 15 is 0 Å². The molecule has 0 fully saturated rings. The van der Waals surface area contributed by atoms with E-state index in [4.69, 9.17) is 5.73 Å². The lowest BCUT2D eigenvalue weighted by atomic mass is 10.1. The molecular formula is C18H22N2O2S2. The van der Waals surface area contributed by atoms with Crippen molar-refractivity contribution in [2.24, 2.45) is 5.73 Å². The second-order valence-electron chi connectivity index (χ2n) is 5.37. The lowest BCUT2D eigenvalue weighted by Crippen LogP contribution is -2.14. The molecule has 0 saturated carbocycles. The van der Waals surface area contributed by atoms with E-state index in [9.17, 15) is 9.59 Å². The monoisotopic (exact) mass is 362 g/mol. The first kappa shape index (κ1) is 18.5. The molecule has 2 aromatic rings. The fraction of sp³-hybridized carbons (Fsp3) is 0.333. The first-order valence-electron chi connectivity index (χ1n) is 7.98. The zero-order valence-corrected chi connectivity index (χ0v) is 15.6. The SMILES string of the molecule is CCCc1sc(C(=O)Nc2ccccc2SCC(N)=O)cc1CC. The normalized spacial score (nSPS) is 10.6. The van der Waals surface area contributed by atoms with Crippen LogP contribution in [0.3, 0.4) is 0 Å². The summed E-state index contributed by atoms with van der Waals surface area (Å²) in [7, 11) is 0. The highest BCUT2D eigenvalue weighted by Gasteiger charge is 2.15. The van der Waals surface area contributed by atoms with Crippen LogP contribution in [-0.2, 0) is 17.6 Å². The molecule has 0 aliphatic heterocycles. The number of carbonyl (C=O) groups excluding carboxylic acids is 2. The number of nitrogens with one attached hydrogen (secondary N) is 1. The summed E-state index contributed by atoms with van der Waals surface area (Å²) in [4.78, 5) is 26.4. The van der Waals surface area contributed by atoms with Gasteiger partial charge in [0.25, 0.3) is 5.91 Å². The number of thiophene rings is 1. The van der Waals surface area contributed by atoms with Crippen molar-refractivity contribution in [3.63, 3.8) is 0 Å². The van der Waals surface area contributed by atoms with Gasteiger partial charge in [-0.3, -0.25) is 9.59 Å². The summed E-state index contributed by atoms with van der Waals surface area (Å²) in [5.41, 5.74) is 7.16. The topological polar surface area (TPSA) is 72.2 Å². The summed E-state index contributed by atoms with van der Waals surface area (Å²) in [6.45, 7) is 4.25. The highest BCUT2D eigenvalue weighted by molar-refractivity contribution is 8.00. The Morgan fingerprint density at radius 2 is 2.00 bits per heavy atom. The molecule has 0 spiro atoms. The standard InChI is InChI=1S/C18H22N2O2S2/c1-3-7-14-12(4-2)10-16(24-14)18(22)20-13-8-5-6-9-15(13)23-11-17(19)21/h5-6,8-10H,3-4,7,11H2,1-2H3,(H2,19,21)(H,20,22). The maximum atomic E-state index is 12.6. The number of para-hydroxylation sites is 1. The summed E-state index contributed by atoms with van der Waals surface area (Å²) >= 11 is 2.89. The molecule has 0 bridgehead atoms. The molecule has 1 heterocycles. The predicted molar refractivity (Wildman–Crippen MR) is 102 cm³/mol. The molecule has 0 unspecified atom stereocenters. The molecule has 0 atom stereocenters. The van der Waals surface area contributed by atoms with Gasteiger partial charge in [-0.15, -0.1) is 23.1 Å². The number of thioether (sulfide) groups is 1. The van der Waals surface area contributed by atoms with Crippen molar-refractivity contribution in [2.75, 3.05) is 11.1 Å². The van der Waals surface area contributed by atoms with Crippen molar-refractivity contribution < 1.29 is 9.59 Å². The molecule has 2 amide bonds. The van der Waals surface area contributed by atoms with Crippen molar-refractivity contribution in [3.8, 4) is 0 Å². The lowest BCUT2D eigenvalue weighted by Gasteiger charge is -2.09. The zero-order valence-electron chi connectivity index (χ0n) is 13.9. The molecule has 1 aromatic heterocycles. The summed E-state index contributed by atoms with van der Waals surface area (Å²) in [5, 5.41) is 2.96. The molecule has 0 saturated heterocycles. The predicted octanol–water partition coefficient (Wildman–Crippen LogP) is 4.09. The Morgan fingerprint density at radius 1 is 1.25 bits per heavy atom. The molecule has 0 aliphatic carbocycles. The first-order chi connectivity index (χ1) is 11.5. The summed E-state index contributed by atoms with van der Waals surface area (Å²) in [6, 6.07) is 9.43. The van der Waals surface area contributed by atoms with Crippen molar-refractivity contribution in [3.05, 3.63) is 45.6 Å². The third-order valence-electron chi connectivity index (χ3n) is 3.48. The van der Waals surface area contributed by atoms with Crippen LogP contribution in [0.2, 0.25) is 0 Å². The Kier molecular flexibility index (Phi) is 6.87. The highest BCUT2D eigenvalue weighted by Crippen LogP contribution is 2.29. The third-order valence-corrected chi connectivity index (χ3v) is 5.82. The van der Waals surface area contributed by atoms with Crippen LogP contribution >= 0.6 is 23.1 Å². The van der Waals surface area contributed by atoms with Gasteiger partial charge in [-0.25, -0.2) is 0 Å². The van der Waals surface area contributed by atoms with Gasteiger partial charge in [0.15, 0.2) is 0 Å². The minimum atomic E-state index is -0.379. The number of rotatable bonds is 8. The van der Waals surface area contributed by atoms with E-state index in [-0.39, 0.29) is 17.6 Å². The molecular weight excluding hydrogens is 340 g/mol. The molecule has 128 valence electrons. The second-order valence-corrected chi connectivity index (χ2v) is 7.52. The van der Waals surface area contributed by atoms with Gasteiger partial charge in [0.05, 0.1) is 16.3 Å². The van der Waals surface area contributed by atoms with E-state index in [1.807, 2.05) is 30.3 Å². The summed E-state index contributed by atoms with van der Waals surface area (Å²) < 4.78 is 0. The third kappa shape index (κ3) is 4.85. The van der Waals surface area contributed by atoms with Crippen molar-refractivity contribution in [1.29, 1.82) is 0 Å². The number of carbonyl (C=O) groups is 2. The molecule has 0 aliphatic rings. The first-order valence-corrected chi connectivity index (χ1v) is 9.78. The number of benzene rings is 1.